The Hall–Kier alpha value is -1.62. The van der Waals surface area contributed by atoms with E-state index in [4.69, 9.17) is 14.2 Å². The second kappa shape index (κ2) is 10.6. The van der Waals surface area contributed by atoms with Crippen LogP contribution in [-0.4, -0.2) is 37.9 Å². The van der Waals surface area contributed by atoms with Crippen molar-refractivity contribution in [1.82, 2.24) is 0 Å². The third kappa shape index (κ3) is 5.44. The van der Waals surface area contributed by atoms with Crippen molar-refractivity contribution in [3.05, 3.63) is 24.8 Å². The van der Waals surface area contributed by atoms with Gasteiger partial charge in [-0.15, -0.1) is 6.58 Å². The summed E-state index contributed by atoms with van der Waals surface area (Å²) >= 11 is 0. The second-order valence-electron chi connectivity index (χ2n) is 7.50. The van der Waals surface area contributed by atoms with Crippen molar-refractivity contribution in [1.29, 1.82) is 0 Å². The van der Waals surface area contributed by atoms with E-state index in [1.807, 2.05) is 6.08 Å². The zero-order chi connectivity index (χ0) is 19.7. The third-order valence-corrected chi connectivity index (χ3v) is 5.72. The molecule has 27 heavy (non-hydrogen) atoms. The fourth-order valence-corrected chi connectivity index (χ4v) is 4.23. The monoisotopic (exact) mass is 378 g/mol. The molecule has 1 saturated carbocycles. The largest absolute Gasteiger partial charge is 0.465 e. The maximum atomic E-state index is 12.8. The number of hydrogen-bond donors (Lipinski definition) is 0. The predicted molar refractivity (Wildman–Crippen MR) is 104 cm³/mol. The molecular weight excluding hydrogens is 344 g/mol. The Balaban J connectivity index is 2.23. The van der Waals surface area contributed by atoms with Gasteiger partial charge in [0.1, 0.15) is 0 Å². The molecule has 0 bridgehead atoms. The van der Waals surface area contributed by atoms with Crippen LogP contribution in [0.4, 0.5) is 0 Å². The summed E-state index contributed by atoms with van der Waals surface area (Å²) in [6.07, 6.45) is 12.1. The Morgan fingerprint density at radius 2 is 1.81 bits per heavy atom. The number of esters is 2. The quantitative estimate of drug-likeness (QED) is 0.360. The van der Waals surface area contributed by atoms with Crippen LogP contribution in [0.1, 0.15) is 58.8 Å². The van der Waals surface area contributed by atoms with Crippen LogP contribution >= 0.6 is 0 Å². The molecule has 0 amide bonds. The molecule has 0 unspecified atom stereocenters. The van der Waals surface area contributed by atoms with Crippen LogP contribution < -0.4 is 0 Å². The van der Waals surface area contributed by atoms with E-state index in [2.05, 4.69) is 18.7 Å². The molecule has 2 rings (SSSR count). The topological polar surface area (TPSA) is 61.8 Å². The summed E-state index contributed by atoms with van der Waals surface area (Å²) in [4.78, 5) is 25.5. The lowest BCUT2D eigenvalue weighted by Crippen LogP contribution is -2.47. The molecule has 1 aliphatic carbocycles. The Morgan fingerprint density at radius 3 is 2.37 bits per heavy atom. The van der Waals surface area contributed by atoms with Crippen LogP contribution in [0.2, 0.25) is 0 Å². The first-order valence-corrected chi connectivity index (χ1v) is 10.3. The summed E-state index contributed by atoms with van der Waals surface area (Å²) in [7, 11) is 0. The highest BCUT2D eigenvalue weighted by Crippen LogP contribution is 2.46. The van der Waals surface area contributed by atoms with E-state index in [-0.39, 0.29) is 25.2 Å². The van der Waals surface area contributed by atoms with Crippen molar-refractivity contribution in [3.8, 4) is 0 Å². The molecular formula is C22H34O5. The molecule has 2 fully saturated rings. The van der Waals surface area contributed by atoms with Crippen molar-refractivity contribution in [2.75, 3.05) is 19.8 Å². The SMILES string of the molecule is C=CC[C@@H]1CCC(C(=O)OCC)(C(=O)OCC)C[C@H]1/C=C/[C@H]1CCCCO1. The number of carbonyl (C=O) groups excluding carboxylic acids is 2. The van der Waals surface area contributed by atoms with Gasteiger partial charge < -0.3 is 14.2 Å². The summed E-state index contributed by atoms with van der Waals surface area (Å²) in [6.45, 7) is 8.71. The fourth-order valence-electron chi connectivity index (χ4n) is 4.23. The highest BCUT2D eigenvalue weighted by molar-refractivity contribution is 6.00. The van der Waals surface area contributed by atoms with Gasteiger partial charge in [0.25, 0.3) is 0 Å². The molecule has 0 N–H and O–H groups in total. The minimum atomic E-state index is -1.20. The molecule has 5 nitrogen and oxygen atoms in total. The van der Waals surface area contributed by atoms with E-state index in [1.54, 1.807) is 13.8 Å². The van der Waals surface area contributed by atoms with Crippen LogP contribution in [0.3, 0.4) is 0 Å². The molecule has 0 aromatic rings. The minimum absolute atomic E-state index is 0.0936. The van der Waals surface area contributed by atoms with Gasteiger partial charge in [-0.3, -0.25) is 9.59 Å². The van der Waals surface area contributed by atoms with E-state index in [0.29, 0.717) is 18.8 Å². The molecule has 5 heteroatoms. The molecule has 0 spiro atoms. The maximum Gasteiger partial charge on any atom is 0.323 e. The Labute approximate surface area is 163 Å². The first-order chi connectivity index (χ1) is 13.1. The summed E-state index contributed by atoms with van der Waals surface area (Å²) in [6, 6.07) is 0. The van der Waals surface area contributed by atoms with Gasteiger partial charge in [0.2, 0.25) is 0 Å². The Kier molecular flexibility index (Phi) is 8.55. The van der Waals surface area contributed by atoms with E-state index >= 15 is 0 Å². The predicted octanol–water partition coefficient (Wildman–Crippen LogP) is 4.22. The molecule has 1 aliphatic heterocycles. The van der Waals surface area contributed by atoms with Crippen molar-refractivity contribution in [3.63, 3.8) is 0 Å². The van der Waals surface area contributed by atoms with Crippen molar-refractivity contribution in [2.45, 2.75) is 64.9 Å². The van der Waals surface area contributed by atoms with Crippen molar-refractivity contribution >= 4 is 11.9 Å². The van der Waals surface area contributed by atoms with E-state index < -0.39 is 17.4 Å². The minimum Gasteiger partial charge on any atom is -0.465 e. The van der Waals surface area contributed by atoms with Crippen LogP contribution in [0.5, 0.6) is 0 Å². The smallest absolute Gasteiger partial charge is 0.323 e. The Bertz CT molecular complexity index is 515. The van der Waals surface area contributed by atoms with Gasteiger partial charge in [0.05, 0.1) is 19.3 Å². The Morgan fingerprint density at radius 1 is 1.11 bits per heavy atom. The number of ether oxygens (including phenoxy) is 3. The fraction of sp³-hybridized carbons (Fsp3) is 0.727. The molecule has 1 saturated heterocycles. The highest BCUT2D eigenvalue weighted by atomic mass is 16.6. The van der Waals surface area contributed by atoms with Crippen LogP contribution in [-0.2, 0) is 23.8 Å². The van der Waals surface area contributed by atoms with Gasteiger partial charge >= 0.3 is 11.9 Å². The number of rotatable bonds is 8. The maximum absolute atomic E-state index is 12.8. The summed E-state index contributed by atoms with van der Waals surface area (Å²) in [5.74, 6) is -0.448. The van der Waals surface area contributed by atoms with Gasteiger partial charge in [0, 0.05) is 6.61 Å². The lowest BCUT2D eigenvalue weighted by molar-refractivity contribution is -0.176. The third-order valence-electron chi connectivity index (χ3n) is 5.72. The first-order valence-electron chi connectivity index (χ1n) is 10.3. The number of hydrogen-bond acceptors (Lipinski definition) is 5. The van der Waals surface area contributed by atoms with Crippen LogP contribution in [0, 0.1) is 17.3 Å². The standard InChI is InChI=1S/C22H34O5/c1-4-9-17-13-14-22(20(23)25-5-2,21(24)26-6-3)16-18(17)11-12-19-10-7-8-15-27-19/h4,11-12,17-19H,1,5-10,13-16H2,2-3H3/b12-11+/t17-,18-,19-/m1/s1. The summed E-state index contributed by atoms with van der Waals surface area (Å²) in [5, 5.41) is 0. The van der Waals surface area contributed by atoms with Gasteiger partial charge in [-0.2, -0.15) is 0 Å². The van der Waals surface area contributed by atoms with Gasteiger partial charge in [-0.1, -0.05) is 18.2 Å². The van der Waals surface area contributed by atoms with Crippen molar-refractivity contribution in [2.24, 2.45) is 17.3 Å². The van der Waals surface area contributed by atoms with E-state index in [9.17, 15) is 9.59 Å². The number of carbonyl (C=O) groups is 2. The highest BCUT2D eigenvalue weighted by Gasteiger charge is 2.53. The molecule has 0 aromatic carbocycles. The van der Waals surface area contributed by atoms with Gasteiger partial charge in [0.15, 0.2) is 5.41 Å². The van der Waals surface area contributed by atoms with Crippen LogP contribution in [0.15, 0.2) is 24.8 Å². The van der Waals surface area contributed by atoms with E-state index in [1.165, 1.54) is 6.42 Å². The lowest BCUT2D eigenvalue weighted by Gasteiger charge is -2.40. The van der Waals surface area contributed by atoms with E-state index in [0.717, 1.165) is 32.3 Å². The van der Waals surface area contributed by atoms with Crippen molar-refractivity contribution < 1.29 is 23.8 Å². The molecule has 1 heterocycles. The second-order valence-corrected chi connectivity index (χ2v) is 7.50. The number of allylic oxidation sites excluding steroid dienone is 2. The normalized spacial score (nSPS) is 27.9. The zero-order valence-electron chi connectivity index (χ0n) is 16.8. The average molecular weight is 379 g/mol. The summed E-state index contributed by atoms with van der Waals surface area (Å²) < 4.78 is 16.4. The molecule has 2 aliphatic rings. The molecule has 0 aromatic heterocycles. The van der Waals surface area contributed by atoms with Gasteiger partial charge in [-0.05, 0) is 70.6 Å². The zero-order valence-corrected chi connectivity index (χ0v) is 16.8. The average Bonchev–Trinajstić information content (AvgIpc) is 2.68. The molecule has 0 radical (unpaired) electrons. The molecule has 152 valence electrons. The van der Waals surface area contributed by atoms with Gasteiger partial charge in [-0.25, -0.2) is 0 Å². The lowest BCUT2D eigenvalue weighted by atomic mass is 9.64. The first kappa shape index (κ1) is 21.7. The van der Waals surface area contributed by atoms with Crippen LogP contribution in [0.25, 0.3) is 0 Å². The summed E-state index contributed by atoms with van der Waals surface area (Å²) in [5.41, 5.74) is -1.20. The molecule has 3 atom stereocenters.